The molecule has 0 saturated carbocycles. The second kappa shape index (κ2) is 8.63. The van der Waals surface area contributed by atoms with Gasteiger partial charge in [0.25, 0.3) is 0 Å². The van der Waals surface area contributed by atoms with Crippen molar-refractivity contribution < 1.29 is 19.9 Å². The van der Waals surface area contributed by atoms with E-state index in [0.717, 1.165) is 18.7 Å². The van der Waals surface area contributed by atoms with E-state index in [4.69, 9.17) is 26.2 Å². The number of hydrogen-bond acceptors (Lipinski definition) is 3. The smallest absolute Gasteiger partial charge is 0.162 e. The topological polar surface area (TPSA) is 55.3 Å². The van der Waals surface area contributed by atoms with Crippen molar-refractivity contribution in [3.05, 3.63) is 58.6 Å². The van der Waals surface area contributed by atoms with E-state index < -0.39 is 0 Å². The average molecular weight is 323 g/mol. The van der Waals surface area contributed by atoms with E-state index in [-0.39, 0.29) is 13.2 Å². The van der Waals surface area contributed by atoms with Crippen LogP contribution in [0, 0.1) is 0 Å². The number of methoxy groups -OCH3 is 1. The normalized spacial score (nSPS) is 10.5. The molecule has 118 valence electrons. The summed E-state index contributed by atoms with van der Waals surface area (Å²) in [6.45, 7) is 1.81. The van der Waals surface area contributed by atoms with Crippen LogP contribution in [0.3, 0.4) is 0 Å². The highest BCUT2D eigenvalue weighted by molar-refractivity contribution is 6.31. The molecule has 0 aliphatic rings. The summed E-state index contributed by atoms with van der Waals surface area (Å²) >= 11 is 6.30. The molecule has 0 aliphatic carbocycles. The number of aliphatic hydroxyl groups excluding tert-OH is 1. The summed E-state index contributed by atoms with van der Waals surface area (Å²) in [4.78, 5) is 0. The van der Waals surface area contributed by atoms with Gasteiger partial charge < -0.3 is 19.9 Å². The average Bonchev–Trinajstić information content (AvgIpc) is 2.55. The van der Waals surface area contributed by atoms with Gasteiger partial charge in [-0.25, -0.2) is 0 Å². The van der Waals surface area contributed by atoms with Crippen LogP contribution in [0.25, 0.3) is 0 Å². The highest BCUT2D eigenvalue weighted by Crippen LogP contribution is 2.33. The zero-order valence-electron chi connectivity index (χ0n) is 12.6. The fraction of sp³-hybridized carbons (Fsp3) is 0.294. The van der Waals surface area contributed by atoms with Crippen LogP contribution in [0.4, 0.5) is 0 Å². The minimum atomic E-state index is -0.0482. The van der Waals surface area contributed by atoms with E-state index in [2.05, 4.69) is 17.4 Å². The van der Waals surface area contributed by atoms with Gasteiger partial charge in [-0.1, -0.05) is 41.9 Å². The lowest BCUT2D eigenvalue weighted by atomic mass is 10.2. The second-order valence-corrected chi connectivity index (χ2v) is 5.26. The van der Waals surface area contributed by atoms with Gasteiger partial charge in [0, 0.05) is 17.2 Å². The zero-order chi connectivity index (χ0) is 15.8. The third-order valence-corrected chi connectivity index (χ3v) is 3.62. The molecule has 3 N–H and O–H groups in total. The maximum absolute atomic E-state index is 8.84. The third kappa shape index (κ3) is 4.63. The molecular weight excluding hydrogens is 302 g/mol. The standard InChI is InChI=1S/C17H20ClNO3/c1-21-16-9-14(15(18)10-17(16)22-8-7-20)12-19-11-13-5-3-2-4-6-13/h2-6,9-10,19-20H,7-8,11-12H2,1H3/p+1. The predicted molar refractivity (Wildman–Crippen MR) is 86.4 cm³/mol. The summed E-state index contributed by atoms with van der Waals surface area (Å²) in [6, 6.07) is 13.9. The Morgan fingerprint density at radius 1 is 1.09 bits per heavy atom. The van der Waals surface area contributed by atoms with E-state index in [1.54, 1.807) is 13.2 Å². The molecule has 0 unspecified atom stereocenters. The van der Waals surface area contributed by atoms with Gasteiger partial charge in [-0.05, 0) is 6.07 Å². The Bertz CT molecular complexity index is 590. The SMILES string of the molecule is COc1cc(C[NH2+]Cc2ccccc2)c(Cl)cc1OCCO. The summed E-state index contributed by atoms with van der Waals surface area (Å²) in [7, 11) is 1.59. The van der Waals surface area contributed by atoms with Crippen molar-refractivity contribution in [1.29, 1.82) is 0 Å². The Kier molecular flexibility index (Phi) is 6.52. The van der Waals surface area contributed by atoms with E-state index in [1.165, 1.54) is 5.56 Å². The van der Waals surface area contributed by atoms with Crippen LogP contribution in [0.5, 0.6) is 11.5 Å². The molecule has 0 radical (unpaired) electrons. The Balaban J connectivity index is 2.01. The summed E-state index contributed by atoms with van der Waals surface area (Å²) < 4.78 is 10.7. The molecule has 0 amide bonds. The van der Waals surface area contributed by atoms with Crippen LogP contribution in [-0.2, 0) is 13.1 Å². The first-order chi connectivity index (χ1) is 10.7. The van der Waals surface area contributed by atoms with Crippen LogP contribution in [0.15, 0.2) is 42.5 Å². The third-order valence-electron chi connectivity index (χ3n) is 3.27. The molecule has 0 aromatic heterocycles. The molecule has 0 aliphatic heterocycles. The van der Waals surface area contributed by atoms with Crippen molar-refractivity contribution >= 4 is 11.6 Å². The van der Waals surface area contributed by atoms with E-state index in [9.17, 15) is 0 Å². The van der Waals surface area contributed by atoms with Crippen molar-refractivity contribution in [2.75, 3.05) is 20.3 Å². The first kappa shape index (κ1) is 16.6. The molecule has 0 atom stereocenters. The minimum Gasteiger partial charge on any atom is -0.493 e. The number of rotatable bonds is 8. The highest BCUT2D eigenvalue weighted by atomic mass is 35.5. The fourth-order valence-electron chi connectivity index (χ4n) is 2.17. The van der Waals surface area contributed by atoms with Crippen molar-refractivity contribution in [2.24, 2.45) is 0 Å². The summed E-state index contributed by atoms with van der Waals surface area (Å²) in [5.41, 5.74) is 2.26. The van der Waals surface area contributed by atoms with Crippen molar-refractivity contribution in [3.63, 3.8) is 0 Å². The Labute approximate surface area is 135 Å². The summed E-state index contributed by atoms with van der Waals surface area (Å²) in [6.07, 6.45) is 0. The van der Waals surface area contributed by atoms with Crippen molar-refractivity contribution in [1.82, 2.24) is 0 Å². The molecule has 0 heterocycles. The summed E-state index contributed by atoms with van der Waals surface area (Å²) in [5.74, 6) is 1.18. The molecular formula is C17H21ClNO3+. The quantitative estimate of drug-likeness (QED) is 0.781. The van der Waals surface area contributed by atoms with Gasteiger partial charge in [0.1, 0.15) is 19.7 Å². The largest absolute Gasteiger partial charge is 0.493 e. The van der Waals surface area contributed by atoms with Crippen LogP contribution in [0.1, 0.15) is 11.1 Å². The number of ether oxygens (including phenoxy) is 2. The zero-order valence-corrected chi connectivity index (χ0v) is 13.3. The molecule has 4 nitrogen and oxygen atoms in total. The van der Waals surface area contributed by atoms with Crippen LogP contribution >= 0.6 is 11.6 Å². The van der Waals surface area contributed by atoms with E-state index in [0.29, 0.717) is 16.5 Å². The molecule has 0 saturated heterocycles. The highest BCUT2D eigenvalue weighted by Gasteiger charge is 2.11. The number of nitrogens with two attached hydrogens (primary N) is 1. The van der Waals surface area contributed by atoms with Gasteiger partial charge in [-0.3, -0.25) is 0 Å². The first-order valence-electron chi connectivity index (χ1n) is 7.20. The number of benzene rings is 2. The molecule has 2 aromatic rings. The fourth-order valence-corrected chi connectivity index (χ4v) is 2.40. The number of halogens is 1. The monoisotopic (exact) mass is 322 g/mol. The number of hydrogen-bond donors (Lipinski definition) is 2. The van der Waals surface area contributed by atoms with Crippen LogP contribution in [-0.4, -0.2) is 25.4 Å². The van der Waals surface area contributed by atoms with Gasteiger partial charge in [0.05, 0.1) is 18.7 Å². The lowest BCUT2D eigenvalue weighted by molar-refractivity contribution is -0.686. The molecule has 5 heteroatoms. The maximum Gasteiger partial charge on any atom is 0.162 e. The molecule has 2 rings (SSSR count). The van der Waals surface area contributed by atoms with Gasteiger partial charge in [0.2, 0.25) is 0 Å². The van der Waals surface area contributed by atoms with Crippen LogP contribution < -0.4 is 14.8 Å². The minimum absolute atomic E-state index is 0.0482. The van der Waals surface area contributed by atoms with E-state index in [1.807, 2.05) is 24.3 Å². The Hall–Kier alpha value is -1.75. The summed E-state index contributed by atoms with van der Waals surface area (Å²) in [5, 5.41) is 11.7. The van der Waals surface area contributed by atoms with Gasteiger partial charge in [-0.2, -0.15) is 0 Å². The predicted octanol–water partition coefficient (Wildman–Crippen LogP) is 1.98. The lowest BCUT2D eigenvalue weighted by Crippen LogP contribution is -2.80. The first-order valence-corrected chi connectivity index (χ1v) is 7.58. The van der Waals surface area contributed by atoms with E-state index >= 15 is 0 Å². The van der Waals surface area contributed by atoms with Crippen molar-refractivity contribution in [2.45, 2.75) is 13.1 Å². The van der Waals surface area contributed by atoms with Gasteiger partial charge in [-0.15, -0.1) is 0 Å². The van der Waals surface area contributed by atoms with Crippen LogP contribution in [0.2, 0.25) is 5.02 Å². The Morgan fingerprint density at radius 3 is 2.55 bits per heavy atom. The maximum atomic E-state index is 8.84. The lowest BCUT2D eigenvalue weighted by Gasteiger charge is -2.13. The Morgan fingerprint density at radius 2 is 1.86 bits per heavy atom. The molecule has 22 heavy (non-hydrogen) atoms. The second-order valence-electron chi connectivity index (χ2n) is 4.85. The van der Waals surface area contributed by atoms with Gasteiger partial charge in [0.15, 0.2) is 11.5 Å². The molecule has 0 spiro atoms. The number of quaternary nitrogens is 1. The molecule has 0 bridgehead atoms. The molecule has 2 aromatic carbocycles. The van der Waals surface area contributed by atoms with Gasteiger partial charge >= 0.3 is 0 Å². The number of aliphatic hydroxyl groups is 1. The molecule has 0 fully saturated rings. The van der Waals surface area contributed by atoms with Crippen molar-refractivity contribution in [3.8, 4) is 11.5 Å².